The van der Waals surface area contributed by atoms with Gasteiger partial charge in [0.05, 0.1) is 5.60 Å². The number of hydrogen-bond donors (Lipinski definition) is 1. The van der Waals surface area contributed by atoms with Gasteiger partial charge in [-0.25, -0.2) is 0 Å². The molecule has 0 spiro atoms. The van der Waals surface area contributed by atoms with Crippen molar-refractivity contribution in [3.8, 4) is 0 Å². The van der Waals surface area contributed by atoms with E-state index in [0.717, 1.165) is 25.7 Å². The Morgan fingerprint density at radius 2 is 1.90 bits per heavy atom. The van der Waals surface area contributed by atoms with Crippen LogP contribution in [0.2, 0.25) is 0 Å². The van der Waals surface area contributed by atoms with Crippen LogP contribution in [0.15, 0.2) is 0 Å². The van der Waals surface area contributed by atoms with E-state index in [1.54, 1.807) is 0 Å². The maximum Gasteiger partial charge on any atom is 0.302 e. The summed E-state index contributed by atoms with van der Waals surface area (Å²) >= 11 is 0. The maximum absolute atomic E-state index is 11.5. The smallest absolute Gasteiger partial charge is 0.302 e. The Hall–Kier alpha value is -0.570. The molecule has 6 atom stereocenters. The molecular formula is C17H28O3. The topological polar surface area (TPSA) is 46.5 Å². The van der Waals surface area contributed by atoms with E-state index in [-0.39, 0.29) is 28.8 Å². The molecule has 4 aliphatic carbocycles. The minimum absolute atomic E-state index is 0.0191. The van der Waals surface area contributed by atoms with Crippen LogP contribution < -0.4 is 0 Å². The third kappa shape index (κ3) is 1.48. The lowest BCUT2D eigenvalue weighted by Crippen LogP contribution is -2.74. The van der Waals surface area contributed by atoms with E-state index in [4.69, 9.17) is 4.74 Å². The van der Waals surface area contributed by atoms with Crippen molar-refractivity contribution in [2.45, 2.75) is 72.0 Å². The molecule has 3 heteroatoms. The van der Waals surface area contributed by atoms with Crippen molar-refractivity contribution in [3.63, 3.8) is 0 Å². The predicted octanol–water partition coefficient (Wildman–Crippen LogP) is 3.15. The molecule has 3 nitrogen and oxygen atoms in total. The molecule has 0 heterocycles. The molecule has 0 aromatic rings. The van der Waals surface area contributed by atoms with Crippen molar-refractivity contribution in [2.24, 2.45) is 28.6 Å². The first-order chi connectivity index (χ1) is 9.13. The first-order valence-electron chi connectivity index (χ1n) is 8.03. The van der Waals surface area contributed by atoms with Crippen molar-refractivity contribution in [1.82, 2.24) is 0 Å². The normalized spacial score (nSPS) is 52.7. The van der Waals surface area contributed by atoms with E-state index in [1.807, 2.05) is 0 Å². The van der Waals surface area contributed by atoms with Gasteiger partial charge in [-0.2, -0.15) is 0 Å². The fourth-order valence-electron chi connectivity index (χ4n) is 6.12. The molecule has 0 radical (unpaired) electrons. The summed E-state index contributed by atoms with van der Waals surface area (Å²) in [5, 5.41) is 11.5. The Labute approximate surface area is 122 Å². The highest BCUT2D eigenvalue weighted by Gasteiger charge is 2.72. The van der Waals surface area contributed by atoms with Crippen molar-refractivity contribution in [3.05, 3.63) is 0 Å². The second kappa shape index (κ2) is 4.00. The molecule has 4 saturated carbocycles. The molecule has 4 fully saturated rings. The zero-order valence-corrected chi connectivity index (χ0v) is 13.4. The van der Waals surface area contributed by atoms with Crippen LogP contribution in [0.1, 0.15) is 60.3 Å². The molecule has 20 heavy (non-hydrogen) atoms. The Morgan fingerprint density at radius 1 is 1.25 bits per heavy atom. The van der Waals surface area contributed by atoms with Crippen molar-refractivity contribution >= 4 is 5.97 Å². The van der Waals surface area contributed by atoms with Gasteiger partial charge in [-0.15, -0.1) is 0 Å². The van der Waals surface area contributed by atoms with Gasteiger partial charge in [0.2, 0.25) is 0 Å². The fraction of sp³-hybridized carbons (Fsp3) is 0.941. The van der Waals surface area contributed by atoms with Crippen LogP contribution in [0.4, 0.5) is 0 Å². The van der Waals surface area contributed by atoms with Gasteiger partial charge in [-0.3, -0.25) is 4.79 Å². The molecule has 0 saturated heterocycles. The molecule has 1 N–H and O–H groups in total. The lowest BCUT2D eigenvalue weighted by atomic mass is 9.35. The Balaban J connectivity index is 2.05. The monoisotopic (exact) mass is 280 g/mol. The first-order valence-corrected chi connectivity index (χ1v) is 8.03. The Morgan fingerprint density at radius 3 is 2.50 bits per heavy atom. The SMILES string of the molecule is CC(=O)O[C@@H]1C[C@@]2(C)[C@H]3C[C@@H]1C(C)(C)[C@@]2(O)CC[C@@H]3C. The summed E-state index contributed by atoms with van der Waals surface area (Å²) in [5.41, 5.74) is -0.920. The summed E-state index contributed by atoms with van der Waals surface area (Å²) in [4.78, 5) is 11.4. The molecule has 0 unspecified atom stereocenters. The first kappa shape index (κ1) is 14.4. The molecule has 0 amide bonds. The molecule has 4 rings (SSSR count). The number of carbonyl (C=O) groups is 1. The van der Waals surface area contributed by atoms with Crippen LogP contribution in [0, 0.1) is 28.6 Å². The summed E-state index contributed by atoms with van der Waals surface area (Å²) in [6.07, 6.45) is 3.90. The summed E-state index contributed by atoms with van der Waals surface area (Å²) in [6.45, 7) is 10.4. The van der Waals surface area contributed by atoms with E-state index >= 15 is 0 Å². The van der Waals surface area contributed by atoms with E-state index < -0.39 is 5.60 Å². The quantitative estimate of drug-likeness (QED) is 0.751. The zero-order valence-electron chi connectivity index (χ0n) is 13.4. The van der Waals surface area contributed by atoms with Gasteiger partial charge in [-0.05, 0) is 37.5 Å². The molecular weight excluding hydrogens is 252 g/mol. The van der Waals surface area contributed by atoms with Crippen LogP contribution in [0.5, 0.6) is 0 Å². The van der Waals surface area contributed by atoms with Gasteiger partial charge in [0.25, 0.3) is 0 Å². The summed E-state index contributed by atoms with van der Waals surface area (Å²) < 4.78 is 5.62. The molecule has 4 aliphatic rings. The molecule has 114 valence electrons. The standard InChI is InChI=1S/C17H28O3/c1-10-6-7-17(19)15(3,4)13-8-12(10)16(17,5)9-14(13)20-11(2)18/h10,12-14,19H,6-9H2,1-5H3/t10-,12-,13-,14+,16-,17-/m0/s1. The number of fused-ring (bicyclic) bond motifs is 1. The van der Waals surface area contributed by atoms with Gasteiger partial charge >= 0.3 is 5.97 Å². The highest BCUT2D eigenvalue weighted by Crippen LogP contribution is 2.71. The minimum Gasteiger partial charge on any atom is -0.462 e. The van der Waals surface area contributed by atoms with Gasteiger partial charge in [0.1, 0.15) is 6.10 Å². The predicted molar refractivity (Wildman–Crippen MR) is 77.0 cm³/mol. The number of carbonyl (C=O) groups excluding carboxylic acids is 1. The van der Waals surface area contributed by atoms with E-state index in [0.29, 0.717) is 11.8 Å². The number of ether oxygens (including phenoxy) is 1. The average molecular weight is 280 g/mol. The van der Waals surface area contributed by atoms with E-state index in [9.17, 15) is 9.90 Å². The Kier molecular flexibility index (Phi) is 2.87. The highest BCUT2D eigenvalue weighted by atomic mass is 16.5. The summed E-state index contributed by atoms with van der Waals surface area (Å²) in [7, 11) is 0. The summed E-state index contributed by atoms with van der Waals surface area (Å²) in [6, 6.07) is 0. The van der Waals surface area contributed by atoms with Crippen LogP contribution in [-0.4, -0.2) is 22.8 Å². The number of rotatable bonds is 1. The van der Waals surface area contributed by atoms with E-state index in [1.165, 1.54) is 6.92 Å². The largest absolute Gasteiger partial charge is 0.462 e. The molecule has 4 bridgehead atoms. The van der Waals surface area contributed by atoms with Crippen molar-refractivity contribution in [2.75, 3.05) is 0 Å². The molecule has 0 aliphatic heterocycles. The van der Waals surface area contributed by atoms with Gasteiger partial charge < -0.3 is 9.84 Å². The number of hydrogen-bond acceptors (Lipinski definition) is 3. The van der Waals surface area contributed by atoms with Crippen LogP contribution in [0.25, 0.3) is 0 Å². The average Bonchev–Trinajstić information content (AvgIpc) is 2.31. The second-order valence-electron chi connectivity index (χ2n) is 8.32. The highest BCUT2D eigenvalue weighted by molar-refractivity contribution is 5.66. The Bertz CT molecular complexity index is 444. The van der Waals surface area contributed by atoms with Crippen LogP contribution in [0.3, 0.4) is 0 Å². The van der Waals surface area contributed by atoms with Gasteiger partial charge in [0, 0.05) is 23.7 Å². The van der Waals surface area contributed by atoms with Crippen molar-refractivity contribution in [1.29, 1.82) is 0 Å². The minimum atomic E-state index is -0.614. The van der Waals surface area contributed by atoms with Crippen LogP contribution >= 0.6 is 0 Å². The lowest BCUT2D eigenvalue weighted by Gasteiger charge is -2.72. The van der Waals surface area contributed by atoms with Crippen LogP contribution in [-0.2, 0) is 9.53 Å². The molecule has 0 aromatic carbocycles. The second-order valence-corrected chi connectivity index (χ2v) is 8.32. The third-order valence-electron chi connectivity index (χ3n) is 7.30. The number of esters is 1. The van der Waals surface area contributed by atoms with Gasteiger partial charge in [-0.1, -0.05) is 27.7 Å². The maximum atomic E-state index is 11.5. The van der Waals surface area contributed by atoms with Gasteiger partial charge in [0.15, 0.2) is 0 Å². The third-order valence-corrected chi connectivity index (χ3v) is 7.30. The summed E-state index contributed by atoms with van der Waals surface area (Å²) in [5.74, 6) is 1.32. The lowest BCUT2D eigenvalue weighted by molar-refractivity contribution is -0.316. The fourth-order valence-corrected chi connectivity index (χ4v) is 6.12. The van der Waals surface area contributed by atoms with E-state index in [2.05, 4.69) is 27.7 Å². The molecule has 0 aromatic heterocycles. The number of aliphatic hydroxyl groups is 1. The zero-order chi connectivity index (χ0) is 14.9. The van der Waals surface area contributed by atoms with Crippen molar-refractivity contribution < 1.29 is 14.6 Å².